The highest BCUT2D eigenvalue weighted by Gasteiger charge is 2.32. The second kappa shape index (κ2) is 9.47. The number of carboxylic acids is 1. The Labute approximate surface area is 219 Å². The quantitative estimate of drug-likeness (QED) is 0.310. The molecule has 0 spiro atoms. The standard InChI is InChI=1S/C28H28ClN3O3S/c1-16-14-20-25(36-27(31-20)32-13-11-17-6-5-12-30-21(17)15-32)23(18-7-9-19(29)10-8-18)22(16)24(26(33)34)35-28(2,3)4/h5-10,12,14,24H,11,13,15H2,1-4H3,(H,33,34). The Kier molecular flexibility index (Phi) is 6.49. The molecule has 1 N–H and O–H groups in total. The first kappa shape index (κ1) is 24.7. The van der Waals surface area contributed by atoms with Gasteiger partial charge in [0.2, 0.25) is 0 Å². The zero-order chi connectivity index (χ0) is 25.6. The van der Waals surface area contributed by atoms with Crippen LogP contribution in [-0.4, -0.2) is 33.2 Å². The fourth-order valence-corrected chi connectivity index (χ4v) is 5.96. The van der Waals surface area contributed by atoms with Gasteiger partial charge in [-0.2, -0.15) is 0 Å². The van der Waals surface area contributed by atoms with E-state index in [1.165, 1.54) is 5.56 Å². The third kappa shape index (κ3) is 4.83. The van der Waals surface area contributed by atoms with Crippen molar-refractivity contribution >= 4 is 44.3 Å². The molecule has 1 aliphatic heterocycles. The number of carbonyl (C=O) groups is 1. The number of aryl methyl sites for hydroxylation is 1. The maximum atomic E-state index is 12.5. The molecule has 0 fully saturated rings. The molecule has 8 heteroatoms. The molecule has 5 rings (SSSR count). The number of hydrogen-bond acceptors (Lipinski definition) is 6. The van der Waals surface area contributed by atoms with Crippen molar-refractivity contribution in [3.8, 4) is 11.1 Å². The van der Waals surface area contributed by atoms with E-state index in [1.54, 1.807) is 11.3 Å². The number of rotatable bonds is 5. The molecule has 4 aromatic rings. The second-order valence-electron chi connectivity index (χ2n) is 10.1. The lowest BCUT2D eigenvalue weighted by Crippen LogP contribution is -2.30. The Morgan fingerprint density at radius 1 is 1.22 bits per heavy atom. The van der Waals surface area contributed by atoms with Crippen molar-refractivity contribution in [3.05, 3.63) is 76.1 Å². The SMILES string of the molecule is Cc1cc2nc(N3CCc4cccnc4C3)sc2c(-c2ccc(Cl)cc2)c1C(OC(C)(C)C)C(=O)O. The minimum Gasteiger partial charge on any atom is -0.479 e. The first-order chi connectivity index (χ1) is 17.1. The van der Waals surface area contributed by atoms with Crippen LogP contribution in [0.4, 0.5) is 5.13 Å². The molecule has 0 radical (unpaired) electrons. The highest BCUT2D eigenvalue weighted by atomic mass is 35.5. The Hall–Kier alpha value is -3.00. The van der Waals surface area contributed by atoms with E-state index in [9.17, 15) is 9.90 Å². The van der Waals surface area contributed by atoms with E-state index in [4.69, 9.17) is 21.3 Å². The molecule has 2 aromatic heterocycles. The summed E-state index contributed by atoms with van der Waals surface area (Å²) in [6, 6.07) is 13.6. The number of fused-ring (bicyclic) bond motifs is 2. The van der Waals surface area contributed by atoms with E-state index in [0.29, 0.717) is 17.1 Å². The molecular formula is C28H28ClN3O3S. The van der Waals surface area contributed by atoms with Crippen LogP contribution < -0.4 is 4.90 Å². The van der Waals surface area contributed by atoms with Crippen LogP contribution in [0.15, 0.2) is 48.7 Å². The number of benzene rings is 2. The van der Waals surface area contributed by atoms with Crippen molar-refractivity contribution in [2.45, 2.75) is 52.4 Å². The molecule has 1 aliphatic rings. The van der Waals surface area contributed by atoms with Crippen LogP contribution in [0.1, 0.15) is 49.3 Å². The number of pyridine rings is 1. The molecule has 0 bridgehead atoms. The molecule has 0 aliphatic carbocycles. The molecule has 0 saturated heterocycles. The van der Waals surface area contributed by atoms with Crippen molar-refractivity contribution < 1.29 is 14.6 Å². The minimum absolute atomic E-state index is 0.620. The fraction of sp³-hybridized carbons (Fsp3) is 0.321. The van der Waals surface area contributed by atoms with E-state index in [1.807, 2.05) is 70.3 Å². The number of aliphatic carboxylic acids is 1. The Morgan fingerprint density at radius 2 is 1.97 bits per heavy atom. The number of ether oxygens (including phenoxy) is 1. The molecule has 36 heavy (non-hydrogen) atoms. The predicted molar refractivity (Wildman–Crippen MR) is 145 cm³/mol. The van der Waals surface area contributed by atoms with E-state index in [2.05, 4.69) is 16.0 Å². The number of nitrogens with zero attached hydrogens (tertiary/aromatic N) is 3. The monoisotopic (exact) mass is 521 g/mol. The zero-order valence-electron chi connectivity index (χ0n) is 20.7. The number of anilines is 1. The predicted octanol–water partition coefficient (Wildman–Crippen LogP) is 6.82. The van der Waals surface area contributed by atoms with Gasteiger partial charge in [0.1, 0.15) is 0 Å². The Morgan fingerprint density at radius 3 is 2.67 bits per heavy atom. The molecular weight excluding hydrogens is 494 g/mol. The summed E-state index contributed by atoms with van der Waals surface area (Å²) in [5.74, 6) is -1.02. The van der Waals surface area contributed by atoms with Gasteiger partial charge in [0, 0.05) is 28.9 Å². The van der Waals surface area contributed by atoms with Crippen molar-refractivity contribution in [2.75, 3.05) is 11.4 Å². The first-order valence-corrected chi connectivity index (χ1v) is 13.1. The van der Waals surface area contributed by atoms with Crippen molar-refractivity contribution in [3.63, 3.8) is 0 Å². The van der Waals surface area contributed by atoms with E-state index < -0.39 is 17.7 Å². The second-order valence-corrected chi connectivity index (χ2v) is 11.5. The number of aromatic nitrogens is 2. The molecule has 6 nitrogen and oxygen atoms in total. The topological polar surface area (TPSA) is 75.5 Å². The van der Waals surface area contributed by atoms with Gasteiger partial charge in [0.05, 0.1) is 28.1 Å². The van der Waals surface area contributed by atoms with Crippen molar-refractivity contribution in [2.24, 2.45) is 0 Å². The lowest BCUT2D eigenvalue weighted by Gasteiger charge is -2.28. The highest BCUT2D eigenvalue weighted by Crippen LogP contribution is 2.44. The van der Waals surface area contributed by atoms with Gasteiger partial charge in [-0.3, -0.25) is 4.98 Å². The Bertz CT molecular complexity index is 1440. The number of thiazole rings is 1. The summed E-state index contributed by atoms with van der Waals surface area (Å²) >= 11 is 7.77. The summed E-state index contributed by atoms with van der Waals surface area (Å²) in [7, 11) is 0. The van der Waals surface area contributed by atoms with Crippen molar-refractivity contribution in [1.82, 2.24) is 9.97 Å². The van der Waals surface area contributed by atoms with Gasteiger partial charge in [-0.1, -0.05) is 41.1 Å². The van der Waals surface area contributed by atoms with Crippen LogP contribution in [0, 0.1) is 6.92 Å². The summed E-state index contributed by atoms with van der Waals surface area (Å²) in [4.78, 5) is 24.3. The summed E-state index contributed by atoms with van der Waals surface area (Å²) in [6.45, 7) is 9.08. The largest absolute Gasteiger partial charge is 0.479 e. The maximum absolute atomic E-state index is 12.5. The number of carboxylic acid groups (broad SMARTS) is 1. The van der Waals surface area contributed by atoms with E-state index >= 15 is 0 Å². The molecule has 3 heterocycles. The van der Waals surface area contributed by atoms with Crippen LogP contribution in [0.25, 0.3) is 21.3 Å². The molecule has 1 atom stereocenters. The molecule has 0 amide bonds. The smallest absolute Gasteiger partial charge is 0.337 e. The lowest BCUT2D eigenvalue weighted by molar-refractivity contribution is -0.160. The van der Waals surface area contributed by atoms with Gasteiger partial charge in [-0.05, 0) is 75.1 Å². The lowest BCUT2D eigenvalue weighted by atomic mass is 9.91. The van der Waals surface area contributed by atoms with Crippen LogP contribution in [0.5, 0.6) is 0 Å². The molecule has 186 valence electrons. The average molecular weight is 522 g/mol. The summed E-state index contributed by atoms with van der Waals surface area (Å²) in [6.07, 6.45) is 1.61. The third-order valence-corrected chi connectivity index (χ3v) is 7.66. The average Bonchev–Trinajstić information content (AvgIpc) is 3.25. The van der Waals surface area contributed by atoms with Crippen LogP contribution in [0.2, 0.25) is 5.02 Å². The van der Waals surface area contributed by atoms with Gasteiger partial charge >= 0.3 is 5.97 Å². The molecule has 1 unspecified atom stereocenters. The normalized spacial score (nSPS) is 14.6. The summed E-state index contributed by atoms with van der Waals surface area (Å²) < 4.78 is 7.04. The van der Waals surface area contributed by atoms with Gasteiger partial charge < -0.3 is 14.7 Å². The Balaban J connectivity index is 1.69. The van der Waals surface area contributed by atoms with Gasteiger partial charge in [0.15, 0.2) is 11.2 Å². The van der Waals surface area contributed by atoms with E-state index in [-0.39, 0.29) is 0 Å². The van der Waals surface area contributed by atoms with Crippen LogP contribution in [0.3, 0.4) is 0 Å². The molecule has 2 aromatic carbocycles. The van der Waals surface area contributed by atoms with Gasteiger partial charge in [-0.15, -0.1) is 0 Å². The zero-order valence-corrected chi connectivity index (χ0v) is 22.3. The first-order valence-electron chi connectivity index (χ1n) is 11.9. The highest BCUT2D eigenvalue weighted by molar-refractivity contribution is 7.22. The number of halogens is 1. The van der Waals surface area contributed by atoms with E-state index in [0.717, 1.165) is 50.7 Å². The maximum Gasteiger partial charge on any atom is 0.337 e. The summed E-state index contributed by atoms with van der Waals surface area (Å²) in [5.41, 5.74) is 5.73. The van der Waals surface area contributed by atoms with Gasteiger partial charge in [-0.25, -0.2) is 9.78 Å². The summed E-state index contributed by atoms with van der Waals surface area (Å²) in [5, 5.41) is 11.8. The fourth-order valence-electron chi connectivity index (χ4n) is 4.68. The van der Waals surface area contributed by atoms with Crippen molar-refractivity contribution in [1.29, 1.82) is 0 Å². The molecule has 0 saturated carbocycles. The van der Waals surface area contributed by atoms with Gasteiger partial charge in [0.25, 0.3) is 0 Å². The minimum atomic E-state index is -1.13. The number of hydrogen-bond donors (Lipinski definition) is 1. The van der Waals surface area contributed by atoms with Crippen LogP contribution in [-0.2, 0) is 22.5 Å². The third-order valence-electron chi connectivity index (χ3n) is 6.25. The van der Waals surface area contributed by atoms with Crippen LogP contribution >= 0.6 is 22.9 Å².